The SMILES string of the molecule is O=C(NC[C@H](O)C(=O)O)Nc1c(F)cc(F)cc1Br. The molecule has 0 aliphatic rings. The van der Waals surface area contributed by atoms with Crippen LogP contribution in [-0.4, -0.2) is 34.9 Å². The highest BCUT2D eigenvalue weighted by atomic mass is 79.9. The lowest BCUT2D eigenvalue weighted by atomic mass is 10.3. The lowest BCUT2D eigenvalue weighted by Gasteiger charge is -2.11. The Labute approximate surface area is 114 Å². The number of aliphatic hydroxyl groups is 1. The number of carbonyl (C=O) groups excluding carboxylic acids is 1. The average Bonchev–Trinajstić information content (AvgIpc) is 2.30. The number of aliphatic carboxylic acids is 1. The quantitative estimate of drug-likeness (QED) is 0.664. The van der Waals surface area contributed by atoms with Gasteiger partial charge >= 0.3 is 12.0 Å². The van der Waals surface area contributed by atoms with Gasteiger partial charge in [-0.3, -0.25) is 0 Å². The number of nitrogens with one attached hydrogen (secondary N) is 2. The second-order valence-electron chi connectivity index (χ2n) is 3.43. The van der Waals surface area contributed by atoms with Crippen molar-refractivity contribution in [2.45, 2.75) is 6.10 Å². The Morgan fingerprint density at radius 3 is 2.53 bits per heavy atom. The number of urea groups is 1. The highest BCUT2D eigenvalue weighted by Crippen LogP contribution is 2.26. The van der Waals surface area contributed by atoms with E-state index in [1.54, 1.807) is 0 Å². The van der Waals surface area contributed by atoms with Crippen LogP contribution in [0.2, 0.25) is 0 Å². The molecule has 0 heterocycles. The van der Waals surface area contributed by atoms with E-state index in [1.807, 2.05) is 5.32 Å². The molecule has 0 fully saturated rings. The Kier molecular flexibility index (Phi) is 5.19. The molecular formula is C10H9BrF2N2O4. The predicted octanol–water partition coefficient (Wildman–Crippen LogP) is 1.29. The van der Waals surface area contributed by atoms with Crippen LogP contribution in [0.5, 0.6) is 0 Å². The summed E-state index contributed by atoms with van der Waals surface area (Å²) in [5.41, 5.74) is -0.302. The Hall–Kier alpha value is -1.74. The number of aliphatic hydroxyl groups excluding tert-OH is 1. The van der Waals surface area contributed by atoms with Gasteiger partial charge in [-0.25, -0.2) is 18.4 Å². The van der Waals surface area contributed by atoms with Crippen LogP contribution < -0.4 is 10.6 Å². The molecule has 0 saturated heterocycles. The molecule has 1 rings (SSSR count). The van der Waals surface area contributed by atoms with Crippen molar-refractivity contribution in [3.63, 3.8) is 0 Å². The van der Waals surface area contributed by atoms with Crippen LogP contribution in [0.3, 0.4) is 0 Å². The summed E-state index contributed by atoms with van der Waals surface area (Å²) in [5, 5.41) is 21.4. The topological polar surface area (TPSA) is 98.7 Å². The zero-order chi connectivity index (χ0) is 14.6. The highest BCUT2D eigenvalue weighted by Gasteiger charge is 2.16. The first-order valence-corrected chi connectivity index (χ1v) is 5.71. The zero-order valence-corrected chi connectivity index (χ0v) is 10.9. The summed E-state index contributed by atoms with van der Waals surface area (Å²) in [6.07, 6.45) is -1.77. The van der Waals surface area contributed by atoms with Gasteiger partial charge in [-0.2, -0.15) is 0 Å². The molecule has 0 saturated carbocycles. The van der Waals surface area contributed by atoms with E-state index in [9.17, 15) is 18.4 Å². The average molecular weight is 339 g/mol. The van der Waals surface area contributed by atoms with Crippen molar-refractivity contribution in [3.8, 4) is 0 Å². The molecule has 6 nitrogen and oxygen atoms in total. The van der Waals surface area contributed by atoms with Crippen LogP contribution in [0.15, 0.2) is 16.6 Å². The number of carbonyl (C=O) groups is 2. The molecule has 1 aromatic carbocycles. The zero-order valence-electron chi connectivity index (χ0n) is 9.28. The normalized spacial score (nSPS) is 11.8. The van der Waals surface area contributed by atoms with Gasteiger partial charge in [0, 0.05) is 10.5 Å². The number of anilines is 1. The minimum Gasteiger partial charge on any atom is -0.479 e. The molecule has 0 aliphatic carbocycles. The first-order valence-electron chi connectivity index (χ1n) is 4.91. The number of hydrogen-bond donors (Lipinski definition) is 4. The van der Waals surface area contributed by atoms with Gasteiger partial charge in [0.2, 0.25) is 0 Å². The van der Waals surface area contributed by atoms with Crippen LogP contribution in [-0.2, 0) is 4.79 Å². The summed E-state index contributed by atoms with van der Waals surface area (Å²) >= 11 is 2.86. The molecule has 4 N–H and O–H groups in total. The van der Waals surface area contributed by atoms with Crippen molar-refractivity contribution >= 4 is 33.6 Å². The molecule has 0 aliphatic heterocycles. The Morgan fingerprint density at radius 2 is 2.00 bits per heavy atom. The molecule has 0 bridgehead atoms. The second kappa shape index (κ2) is 6.43. The fraction of sp³-hybridized carbons (Fsp3) is 0.200. The Balaban J connectivity index is 2.65. The summed E-state index contributed by atoms with van der Waals surface area (Å²) in [5.74, 6) is -3.33. The molecule has 9 heteroatoms. The number of hydrogen-bond acceptors (Lipinski definition) is 3. The molecule has 1 aromatic rings. The van der Waals surface area contributed by atoms with Crippen LogP contribution in [0, 0.1) is 11.6 Å². The smallest absolute Gasteiger partial charge is 0.334 e. The third-order valence-electron chi connectivity index (χ3n) is 1.99. The van der Waals surface area contributed by atoms with Crippen molar-refractivity contribution in [2.75, 3.05) is 11.9 Å². The lowest BCUT2D eigenvalue weighted by Crippen LogP contribution is -2.38. The van der Waals surface area contributed by atoms with Crippen molar-refractivity contribution in [3.05, 3.63) is 28.2 Å². The minimum atomic E-state index is -1.77. The van der Waals surface area contributed by atoms with E-state index in [2.05, 4.69) is 21.2 Å². The van der Waals surface area contributed by atoms with Gasteiger partial charge in [0.05, 0.1) is 12.2 Å². The van der Waals surface area contributed by atoms with Gasteiger partial charge < -0.3 is 20.8 Å². The summed E-state index contributed by atoms with van der Waals surface area (Å²) in [7, 11) is 0. The standard InChI is InChI=1S/C10H9BrF2N2O4/c11-5-1-4(12)2-6(13)8(5)15-10(19)14-3-7(16)9(17)18/h1-2,7,16H,3H2,(H,17,18)(H2,14,15,19)/t7-/m0/s1. The molecular weight excluding hydrogens is 330 g/mol. The van der Waals surface area contributed by atoms with Gasteiger partial charge in [-0.1, -0.05) is 0 Å². The molecule has 0 spiro atoms. The van der Waals surface area contributed by atoms with Gasteiger partial charge in [0.15, 0.2) is 11.9 Å². The predicted molar refractivity (Wildman–Crippen MR) is 64.7 cm³/mol. The molecule has 104 valence electrons. The van der Waals surface area contributed by atoms with Crippen LogP contribution in [0.25, 0.3) is 0 Å². The Bertz CT molecular complexity index is 489. The maximum Gasteiger partial charge on any atom is 0.334 e. The van der Waals surface area contributed by atoms with E-state index in [1.165, 1.54) is 0 Å². The van der Waals surface area contributed by atoms with Crippen molar-refractivity contribution in [2.24, 2.45) is 0 Å². The van der Waals surface area contributed by atoms with Gasteiger partial charge in [0.25, 0.3) is 0 Å². The molecule has 0 aromatic heterocycles. The van der Waals surface area contributed by atoms with Crippen molar-refractivity contribution < 1.29 is 28.6 Å². The number of halogens is 3. The maximum absolute atomic E-state index is 13.3. The summed E-state index contributed by atoms with van der Waals surface area (Å²) < 4.78 is 26.1. The van der Waals surface area contributed by atoms with Crippen LogP contribution in [0.1, 0.15) is 0 Å². The summed E-state index contributed by atoms with van der Waals surface area (Å²) in [6, 6.07) is 0.587. The van der Waals surface area contributed by atoms with Crippen LogP contribution >= 0.6 is 15.9 Å². The largest absolute Gasteiger partial charge is 0.479 e. The molecule has 1 atom stereocenters. The molecule has 19 heavy (non-hydrogen) atoms. The van der Waals surface area contributed by atoms with Gasteiger partial charge in [0.1, 0.15) is 5.82 Å². The van der Waals surface area contributed by atoms with Crippen LogP contribution in [0.4, 0.5) is 19.3 Å². The van der Waals surface area contributed by atoms with Gasteiger partial charge in [-0.15, -0.1) is 0 Å². The van der Waals surface area contributed by atoms with E-state index in [0.717, 1.165) is 6.07 Å². The minimum absolute atomic E-state index is 0.0149. The lowest BCUT2D eigenvalue weighted by molar-refractivity contribution is -0.146. The first kappa shape index (κ1) is 15.3. The maximum atomic E-state index is 13.3. The summed E-state index contributed by atoms with van der Waals surface area (Å²) in [4.78, 5) is 21.6. The van der Waals surface area contributed by atoms with E-state index in [-0.39, 0.29) is 10.2 Å². The summed E-state index contributed by atoms with van der Waals surface area (Å²) in [6.45, 7) is -0.554. The number of carboxylic acids is 1. The molecule has 0 radical (unpaired) electrons. The van der Waals surface area contributed by atoms with Crippen molar-refractivity contribution in [1.29, 1.82) is 0 Å². The second-order valence-corrected chi connectivity index (χ2v) is 4.29. The third kappa shape index (κ3) is 4.45. The van der Waals surface area contributed by atoms with Crippen molar-refractivity contribution in [1.82, 2.24) is 5.32 Å². The highest BCUT2D eigenvalue weighted by molar-refractivity contribution is 9.10. The van der Waals surface area contributed by atoms with E-state index < -0.39 is 36.3 Å². The number of amides is 2. The fourth-order valence-corrected chi connectivity index (χ4v) is 1.60. The van der Waals surface area contributed by atoms with Gasteiger partial charge in [-0.05, 0) is 22.0 Å². The molecule has 2 amide bonds. The van der Waals surface area contributed by atoms with E-state index in [4.69, 9.17) is 10.2 Å². The fourth-order valence-electron chi connectivity index (χ4n) is 1.10. The monoisotopic (exact) mass is 338 g/mol. The number of benzene rings is 1. The van der Waals surface area contributed by atoms with E-state index >= 15 is 0 Å². The Morgan fingerprint density at radius 1 is 1.37 bits per heavy atom. The third-order valence-corrected chi connectivity index (χ3v) is 2.61. The molecule has 0 unspecified atom stereocenters. The first-order chi connectivity index (χ1) is 8.81. The number of carboxylic acid groups (broad SMARTS) is 1. The van der Waals surface area contributed by atoms with E-state index in [0.29, 0.717) is 6.07 Å². The number of rotatable bonds is 4.